The summed E-state index contributed by atoms with van der Waals surface area (Å²) in [6, 6.07) is 12.4. The largest absolute Gasteiger partial charge is 0.474 e. The van der Waals surface area contributed by atoms with Crippen LogP contribution in [-0.2, 0) is 4.74 Å². The van der Waals surface area contributed by atoms with E-state index in [2.05, 4.69) is 26.3 Å². The second-order valence-corrected chi connectivity index (χ2v) is 7.91. The van der Waals surface area contributed by atoms with Crippen LogP contribution in [0.1, 0.15) is 25.7 Å². The molecule has 30 heavy (non-hydrogen) atoms. The summed E-state index contributed by atoms with van der Waals surface area (Å²) in [7, 11) is 0. The highest BCUT2D eigenvalue weighted by Crippen LogP contribution is 2.31. The van der Waals surface area contributed by atoms with E-state index in [1.54, 1.807) is 0 Å². The summed E-state index contributed by atoms with van der Waals surface area (Å²) in [4.78, 5) is 16.1. The van der Waals surface area contributed by atoms with Crippen molar-refractivity contribution < 1.29 is 9.47 Å². The van der Waals surface area contributed by atoms with Gasteiger partial charge in [0.2, 0.25) is 5.88 Å². The van der Waals surface area contributed by atoms with Gasteiger partial charge in [-0.1, -0.05) is 6.07 Å². The van der Waals surface area contributed by atoms with Gasteiger partial charge in [-0.2, -0.15) is 4.98 Å². The highest BCUT2D eigenvalue weighted by molar-refractivity contribution is 5.85. The van der Waals surface area contributed by atoms with Crippen molar-refractivity contribution in [3.8, 4) is 5.88 Å². The molecule has 1 aliphatic heterocycles. The Hall–Kier alpha value is -2.93. The maximum absolute atomic E-state index is 6.45. The minimum absolute atomic E-state index is 0.169. The number of aromatic nitrogens is 3. The highest BCUT2D eigenvalue weighted by Gasteiger charge is 2.24. The van der Waals surface area contributed by atoms with Gasteiger partial charge in [0.1, 0.15) is 17.7 Å². The van der Waals surface area contributed by atoms with E-state index in [4.69, 9.17) is 14.5 Å². The number of ether oxygens (including phenoxy) is 2. The van der Waals surface area contributed by atoms with Crippen LogP contribution in [0.4, 0.5) is 11.6 Å². The lowest BCUT2D eigenvalue weighted by Crippen LogP contribution is -2.37. The molecule has 5 rings (SSSR count). The molecule has 1 saturated heterocycles. The Morgan fingerprint density at radius 3 is 2.60 bits per heavy atom. The van der Waals surface area contributed by atoms with Gasteiger partial charge in [0.25, 0.3) is 0 Å². The standard InChI is InChI=1S/C23H27N5O2/c1-2-10-25-21(5-1)26-17-6-8-18(9-7-17)30-23-19-4-3-11-24-20(19)16-22(27-23)28-12-14-29-15-13-28/h1-5,10-11,16-18H,6-9,12-15H2,(H,25,26). The van der Waals surface area contributed by atoms with E-state index >= 15 is 0 Å². The van der Waals surface area contributed by atoms with Crippen LogP contribution in [0.25, 0.3) is 10.9 Å². The molecule has 0 bridgehead atoms. The van der Waals surface area contributed by atoms with E-state index in [0.717, 1.165) is 74.5 Å². The summed E-state index contributed by atoms with van der Waals surface area (Å²) in [5.41, 5.74) is 0.925. The summed E-state index contributed by atoms with van der Waals surface area (Å²) in [6.45, 7) is 3.14. The number of rotatable bonds is 5. The maximum Gasteiger partial charge on any atom is 0.225 e. The van der Waals surface area contributed by atoms with Gasteiger partial charge in [-0.05, 0) is 49.9 Å². The molecule has 7 nitrogen and oxygen atoms in total. The Labute approximate surface area is 176 Å². The molecule has 2 fully saturated rings. The van der Waals surface area contributed by atoms with Crippen molar-refractivity contribution in [3.05, 3.63) is 48.8 Å². The molecule has 4 heterocycles. The van der Waals surface area contributed by atoms with Crippen molar-refractivity contribution in [1.82, 2.24) is 15.0 Å². The molecule has 0 atom stereocenters. The van der Waals surface area contributed by atoms with E-state index in [1.165, 1.54) is 0 Å². The number of anilines is 2. The number of nitrogens with zero attached hydrogens (tertiary/aromatic N) is 4. The molecule has 1 saturated carbocycles. The maximum atomic E-state index is 6.45. The zero-order chi connectivity index (χ0) is 20.2. The van der Waals surface area contributed by atoms with Crippen LogP contribution in [-0.4, -0.2) is 53.4 Å². The van der Waals surface area contributed by atoms with Crippen molar-refractivity contribution in [2.24, 2.45) is 0 Å². The fourth-order valence-electron chi connectivity index (χ4n) is 4.22. The monoisotopic (exact) mass is 405 g/mol. The van der Waals surface area contributed by atoms with E-state index in [1.807, 2.05) is 42.7 Å². The molecule has 0 spiro atoms. The third-order valence-corrected chi connectivity index (χ3v) is 5.86. The minimum Gasteiger partial charge on any atom is -0.474 e. The molecular weight excluding hydrogens is 378 g/mol. The third-order valence-electron chi connectivity index (χ3n) is 5.86. The number of hydrogen-bond acceptors (Lipinski definition) is 7. The first-order valence-corrected chi connectivity index (χ1v) is 10.8. The van der Waals surface area contributed by atoms with E-state index < -0.39 is 0 Å². The van der Waals surface area contributed by atoms with Crippen LogP contribution in [0.2, 0.25) is 0 Å². The number of nitrogens with one attached hydrogen (secondary N) is 1. The van der Waals surface area contributed by atoms with Gasteiger partial charge in [0.05, 0.1) is 24.1 Å². The highest BCUT2D eigenvalue weighted by atomic mass is 16.5. The molecular formula is C23H27N5O2. The number of morpholine rings is 1. The van der Waals surface area contributed by atoms with Crippen molar-refractivity contribution in [2.45, 2.75) is 37.8 Å². The molecule has 0 amide bonds. The number of hydrogen-bond donors (Lipinski definition) is 1. The van der Waals surface area contributed by atoms with Crippen LogP contribution >= 0.6 is 0 Å². The third kappa shape index (κ3) is 4.31. The average molecular weight is 406 g/mol. The van der Waals surface area contributed by atoms with Crippen LogP contribution in [0.3, 0.4) is 0 Å². The normalized spacial score (nSPS) is 22.1. The smallest absolute Gasteiger partial charge is 0.225 e. The molecule has 0 aromatic carbocycles. The Balaban J connectivity index is 1.29. The lowest BCUT2D eigenvalue weighted by atomic mass is 9.93. The predicted molar refractivity (Wildman–Crippen MR) is 117 cm³/mol. The molecule has 1 aliphatic carbocycles. The fourth-order valence-corrected chi connectivity index (χ4v) is 4.22. The van der Waals surface area contributed by atoms with Gasteiger partial charge in [0.15, 0.2) is 0 Å². The molecule has 156 valence electrons. The molecule has 3 aromatic rings. The Morgan fingerprint density at radius 2 is 1.80 bits per heavy atom. The van der Waals surface area contributed by atoms with Crippen LogP contribution in [0, 0.1) is 0 Å². The second kappa shape index (κ2) is 8.83. The molecule has 0 radical (unpaired) electrons. The lowest BCUT2D eigenvalue weighted by Gasteiger charge is -2.31. The minimum atomic E-state index is 0.169. The summed E-state index contributed by atoms with van der Waals surface area (Å²) in [6.07, 6.45) is 7.92. The topological polar surface area (TPSA) is 72.4 Å². The number of fused-ring (bicyclic) bond motifs is 1. The van der Waals surface area contributed by atoms with Gasteiger partial charge >= 0.3 is 0 Å². The SMILES string of the molecule is c1ccc(NC2CCC(Oc3nc(N4CCOCC4)cc4ncccc34)CC2)nc1. The summed E-state index contributed by atoms with van der Waals surface area (Å²) in [5.74, 6) is 2.56. The van der Waals surface area contributed by atoms with Gasteiger partial charge in [0, 0.05) is 37.6 Å². The van der Waals surface area contributed by atoms with Crippen LogP contribution < -0.4 is 15.0 Å². The molecule has 1 N–H and O–H groups in total. The van der Waals surface area contributed by atoms with Crippen molar-refractivity contribution >= 4 is 22.5 Å². The van der Waals surface area contributed by atoms with Crippen molar-refractivity contribution in [3.63, 3.8) is 0 Å². The molecule has 7 heteroatoms. The lowest BCUT2D eigenvalue weighted by molar-refractivity contribution is 0.122. The zero-order valence-electron chi connectivity index (χ0n) is 17.0. The summed E-state index contributed by atoms with van der Waals surface area (Å²) < 4.78 is 11.9. The second-order valence-electron chi connectivity index (χ2n) is 7.91. The van der Waals surface area contributed by atoms with Gasteiger partial charge < -0.3 is 19.7 Å². The molecule has 0 unspecified atom stereocenters. The van der Waals surface area contributed by atoms with Gasteiger partial charge in [-0.3, -0.25) is 4.98 Å². The first kappa shape index (κ1) is 19.1. The fraction of sp³-hybridized carbons (Fsp3) is 0.435. The first-order chi connectivity index (χ1) is 14.8. The summed E-state index contributed by atoms with van der Waals surface area (Å²) in [5, 5.41) is 4.51. The van der Waals surface area contributed by atoms with E-state index in [9.17, 15) is 0 Å². The summed E-state index contributed by atoms with van der Waals surface area (Å²) >= 11 is 0. The zero-order valence-corrected chi connectivity index (χ0v) is 17.0. The first-order valence-electron chi connectivity index (χ1n) is 10.8. The quantitative estimate of drug-likeness (QED) is 0.694. The van der Waals surface area contributed by atoms with Crippen LogP contribution in [0.15, 0.2) is 48.8 Å². The van der Waals surface area contributed by atoms with E-state index in [-0.39, 0.29) is 6.10 Å². The van der Waals surface area contributed by atoms with Crippen molar-refractivity contribution in [1.29, 1.82) is 0 Å². The van der Waals surface area contributed by atoms with E-state index in [0.29, 0.717) is 11.9 Å². The van der Waals surface area contributed by atoms with Crippen LogP contribution in [0.5, 0.6) is 5.88 Å². The molecule has 2 aliphatic rings. The Kier molecular flexibility index (Phi) is 5.61. The van der Waals surface area contributed by atoms with Gasteiger partial charge in [-0.15, -0.1) is 0 Å². The van der Waals surface area contributed by atoms with Crippen molar-refractivity contribution in [2.75, 3.05) is 36.5 Å². The van der Waals surface area contributed by atoms with Gasteiger partial charge in [-0.25, -0.2) is 4.98 Å². The molecule has 3 aromatic heterocycles. The number of pyridine rings is 3. The average Bonchev–Trinajstić information content (AvgIpc) is 2.81. The Morgan fingerprint density at radius 1 is 0.967 bits per heavy atom. The Bertz CT molecular complexity index is 970. The predicted octanol–water partition coefficient (Wildman–Crippen LogP) is 3.66.